The highest BCUT2D eigenvalue weighted by molar-refractivity contribution is 5.91. The Morgan fingerprint density at radius 1 is 1.26 bits per heavy atom. The topological polar surface area (TPSA) is 53.8 Å². The third-order valence-electron chi connectivity index (χ3n) is 4.84. The van der Waals surface area contributed by atoms with Gasteiger partial charge in [-0.25, -0.2) is 0 Å². The van der Waals surface area contributed by atoms with Crippen LogP contribution in [0.25, 0.3) is 0 Å². The minimum absolute atomic E-state index is 0.0655. The van der Waals surface area contributed by atoms with E-state index in [0.717, 1.165) is 38.3 Å². The van der Waals surface area contributed by atoms with E-state index in [0.29, 0.717) is 24.8 Å². The maximum atomic E-state index is 12.8. The number of nitrogens with zero attached hydrogens (tertiary/aromatic N) is 2. The predicted molar refractivity (Wildman–Crippen MR) is 86.9 cm³/mol. The normalized spacial score (nSPS) is 18.9. The summed E-state index contributed by atoms with van der Waals surface area (Å²) in [4.78, 5) is 28.9. The van der Waals surface area contributed by atoms with Crippen LogP contribution in [0, 0.1) is 11.8 Å². The predicted octanol–water partition coefficient (Wildman–Crippen LogP) is 2.78. The summed E-state index contributed by atoms with van der Waals surface area (Å²) in [5, 5.41) is 0. The van der Waals surface area contributed by atoms with E-state index < -0.39 is 0 Å². The fraction of sp³-hybridized carbons (Fsp3) is 0.667. The SMILES string of the molecule is CCCN(CC1CC1)C(=O)C1CCN(C(=O)c2ccco2)CC1. The molecule has 1 aromatic heterocycles. The van der Waals surface area contributed by atoms with Crippen LogP contribution < -0.4 is 0 Å². The van der Waals surface area contributed by atoms with E-state index in [1.165, 1.54) is 19.1 Å². The molecule has 0 unspecified atom stereocenters. The maximum absolute atomic E-state index is 12.8. The fourth-order valence-electron chi connectivity index (χ4n) is 3.32. The van der Waals surface area contributed by atoms with Crippen LogP contribution in [-0.2, 0) is 4.79 Å². The number of furan rings is 1. The molecule has 1 saturated heterocycles. The first-order valence-corrected chi connectivity index (χ1v) is 8.80. The summed E-state index contributed by atoms with van der Waals surface area (Å²) in [7, 11) is 0. The molecule has 5 nitrogen and oxygen atoms in total. The van der Waals surface area contributed by atoms with Gasteiger partial charge in [-0.1, -0.05) is 6.92 Å². The van der Waals surface area contributed by atoms with Crippen molar-refractivity contribution < 1.29 is 14.0 Å². The van der Waals surface area contributed by atoms with Crippen LogP contribution >= 0.6 is 0 Å². The van der Waals surface area contributed by atoms with Crippen LogP contribution in [0.2, 0.25) is 0 Å². The molecule has 1 aliphatic heterocycles. The van der Waals surface area contributed by atoms with E-state index >= 15 is 0 Å². The first kappa shape index (κ1) is 16.1. The number of carbonyl (C=O) groups is 2. The lowest BCUT2D eigenvalue weighted by atomic mass is 9.94. The lowest BCUT2D eigenvalue weighted by Crippen LogP contribution is -2.45. The molecule has 0 radical (unpaired) electrons. The Bertz CT molecular complexity index is 528. The molecule has 2 fully saturated rings. The quantitative estimate of drug-likeness (QED) is 0.810. The fourth-order valence-corrected chi connectivity index (χ4v) is 3.32. The second-order valence-electron chi connectivity index (χ2n) is 6.77. The Morgan fingerprint density at radius 2 is 2.00 bits per heavy atom. The highest BCUT2D eigenvalue weighted by atomic mass is 16.3. The van der Waals surface area contributed by atoms with Gasteiger partial charge in [0.25, 0.3) is 5.91 Å². The highest BCUT2D eigenvalue weighted by Gasteiger charge is 2.33. The minimum Gasteiger partial charge on any atom is -0.459 e. The molecule has 1 aliphatic carbocycles. The third kappa shape index (κ3) is 3.95. The van der Waals surface area contributed by atoms with E-state index in [-0.39, 0.29) is 11.8 Å². The van der Waals surface area contributed by atoms with Crippen LogP contribution in [0.3, 0.4) is 0 Å². The van der Waals surface area contributed by atoms with E-state index in [1.54, 1.807) is 17.0 Å². The van der Waals surface area contributed by atoms with Gasteiger partial charge in [-0.3, -0.25) is 9.59 Å². The molecule has 0 N–H and O–H groups in total. The van der Waals surface area contributed by atoms with Gasteiger partial charge in [0.2, 0.25) is 5.91 Å². The van der Waals surface area contributed by atoms with Gasteiger partial charge in [0.1, 0.15) is 0 Å². The lowest BCUT2D eigenvalue weighted by Gasteiger charge is -2.34. The van der Waals surface area contributed by atoms with Gasteiger partial charge >= 0.3 is 0 Å². The molecule has 5 heteroatoms. The Kier molecular flexibility index (Phi) is 5.03. The van der Waals surface area contributed by atoms with Crippen LogP contribution in [0.5, 0.6) is 0 Å². The third-order valence-corrected chi connectivity index (χ3v) is 4.84. The number of hydrogen-bond acceptors (Lipinski definition) is 3. The lowest BCUT2D eigenvalue weighted by molar-refractivity contribution is -0.137. The van der Waals surface area contributed by atoms with Crippen LogP contribution in [0.4, 0.5) is 0 Å². The van der Waals surface area contributed by atoms with Gasteiger partial charge in [0.15, 0.2) is 5.76 Å². The van der Waals surface area contributed by atoms with E-state index in [4.69, 9.17) is 4.42 Å². The summed E-state index contributed by atoms with van der Waals surface area (Å²) in [6.07, 6.45) is 6.58. The Labute approximate surface area is 137 Å². The number of rotatable bonds is 6. The summed E-state index contributed by atoms with van der Waals surface area (Å²) < 4.78 is 5.18. The Hall–Kier alpha value is -1.78. The molecule has 1 aromatic rings. The first-order chi connectivity index (χ1) is 11.2. The van der Waals surface area contributed by atoms with Crippen molar-refractivity contribution in [3.05, 3.63) is 24.2 Å². The van der Waals surface area contributed by atoms with Crippen molar-refractivity contribution in [2.45, 2.75) is 39.0 Å². The van der Waals surface area contributed by atoms with Crippen molar-refractivity contribution in [1.82, 2.24) is 9.80 Å². The van der Waals surface area contributed by atoms with Crippen LogP contribution in [0.1, 0.15) is 49.6 Å². The van der Waals surface area contributed by atoms with Crippen LogP contribution in [-0.4, -0.2) is 47.8 Å². The monoisotopic (exact) mass is 318 g/mol. The molecular formula is C18H26N2O3. The molecular weight excluding hydrogens is 292 g/mol. The molecule has 2 amide bonds. The zero-order chi connectivity index (χ0) is 16.2. The number of piperidine rings is 1. The molecule has 3 rings (SSSR count). The highest BCUT2D eigenvalue weighted by Crippen LogP contribution is 2.31. The Morgan fingerprint density at radius 3 is 2.57 bits per heavy atom. The average molecular weight is 318 g/mol. The van der Waals surface area contributed by atoms with E-state index in [1.807, 2.05) is 0 Å². The van der Waals surface area contributed by atoms with Crippen molar-refractivity contribution in [3.8, 4) is 0 Å². The Balaban J connectivity index is 1.52. The second-order valence-corrected chi connectivity index (χ2v) is 6.77. The largest absolute Gasteiger partial charge is 0.459 e. The van der Waals surface area contributed by atoms with Crippen molar-refractivity contribution in [2.75, 3.05) is 26.2 Å². The molecule has 126 valence electrons. The summed E-state index contributed by atoms with van der Waals surface area (Å²) in [5.41, 5.74) is 0. The summed E-state index contributed by atoms with van der Waals surface area (Å²) in [5.74, 6) is 1.41. The van der Waals surface area contributed by atoms with Crippen molar-refractivity contribution in [3.63, 3.8) is 0 Å². The smallest absolute Gasteiger partial charge is 0.289 e. The molecule has 0 bridgehead atoms. The minimum atomic E-state index is -0.0655. The summed E-state index contributed by atoms with van der Waals surface area (Å²) in [6.45, 7) is 5.19. The van der Waals surface area contributed by atoms with Gasteiger partial charge in [0.05, 0.1) is 6.26 Å². The molecule has 0 atom stereocenters. The van der Waals surface area contributed by atoms with Gasteiger partial charge in [-0.2, -0.15) is 0 Å². The summed E-state index contributed by atoms with van der Waals surface area (Å²) in [6, 6.07) is 3.42. The molecule has 1 saturated carbocycles. The van der Waals surface area contributed by atoms with Crippen molar-refractivity contribution in [1.29, 1.82) is 0 Å². The number of likely N-dealkylation sites (tertiary alicyclic amines) is 1. The standard InChI is InChI=1S/C18H26N2O3/c1-2-9-20(13-14-5-6-14)17(21)15-7-10-19(11-8-15)18(22)16-4-3-12-23-16/h3-4,12,14-15H,2,5-11,13H2,1H3. The van der Waals surface area contributed by atoms with Crippen molar-refractivity contribution in [2.24, 2.45) is 11.8 Å². The maximum Gasteiger partial charge on any atom is 0.289 e. The van der Waals surface area contributed by atoms with Gasteiger partial charge < -0.3 is 14.2 Å². The van der Waals surface area contributed by atoms with Gasteiger partial charge in [0, 0.05) is 32.1 Å². The van der Waals surface area contributed by atoms with E-state index in [9.17, 15) is 9.59 Å². The average Bonchev–Trinajstić information content (AvgIpc) is 3.23. The van der Waals surface area contributed by atoms with Crippen molar-refractivity contribution >= 4 is 11.8 Å². The molecule has 2 aliphatic rings. The number of carbonyl (C=O) groups excluding carboxylic acids is 2. The van der Waals surface area contributed by atoms with E-state index in [2.05, 4.69) is 11.8 Å². The van der Waals surface area contributed by atoms with Crippen LogP contribution in [0.15, 0.2) is 22.8 Å². The molecule has 23 heavy (non-hydrogen) atoms. The number of amides is 2. The molecule has 2 heterocycles. The van der Waals surface area contributed by atoms with Gasteiger partial charge in [-0.15, -0.1) is 0 Å². The zero-order valence-corrected chi connectivity index (χ0v) is 13.9. The summed E-state index contributed by atoms with van der Waals surface area (Å²) >= 11 is 0. The molecule has 0 aromatic carbocycles. The zero-order valence-electron chi connectivity index (χ0n) is 13.9. The number of hydrogen-bond donors (Lipinski definition) is 0. The second kappa shape index (κ2) is 7.20. The van der Waals surface area contributed by atoms with Gasteiger partial charge in [-0.05, 0) is 50.2 Å². The molecule has 0 spiro atoms. The first-order valence-electron chi connectivity index (χ1n) is 8.80.